The highest BCUT2D eigenvalue weighted by Crippen LogP contribution is 2.33. The fraction of sp³-hybridized carbons (Fsp3) is 0.375. The zero-order valence-electron chi connectivity index (χ0n) is 24.6. The predicted molar refractivity (Wildman–Crippen MR) is 163 cm³/mol. The van der Waals surface area contributed by atoms with Crippen LogP contribution in [0.15, 0.2) is 77.7 Å². The average molecular weight is 580 g/mol. The Hall–Kier alpha value is -3.85. The summed E-state index contributed by atoms with van der Waals surface area (Å²) in [4.78, 5) is 28.6. The van der Waals surface area contributed by atoms with Gasteiger partial charge in [0.2, 0.25) is 11.8 Å². The second kappa shape index (κ2) is 14.7. The van der Waals surface area contributed by atoms with E-state index in [1.807, 2.05) is 57.2 Å². The summed E-state index contributed by atoms with van der Waals surface area (Å²) in [7, 11) is -2.71. The van der Waals surface area contributed by atoms with Gasteiger partial charge in [0.1, 0.15) is 18.3 Å². The Kier molecular flexibility index (Phi) is 11.3. The molecule has 0 heterocycles. The normalized spacial score (nSPS) is 11.9. The Morgan fingerprint density at radius 3 is 2.24 bits per heavy atom. The van der Waals surface area contributed by atoms with E-state index in [-0.39, 0.29) is 23.0 Å². The average Bonchev–Trinajstić information content (AvgIpc) is 2.96. The van der Waals surface area contributed by atoms with Crippen molar-refractivity contribution < 1.29 is 22.7 Å². The van der Waals surface area contributed by atoms with Gasteiger partial charge >= 0.3 is 0 Å². The molecule has 1 atom stereocenters. The first-order valence-electron chi connectivity index (χ1n) is 13.9. The maximum atomic E-state index is 14.1. The Bertz CT molecular complexity index is 1410. The van der Waals surface area contributed by atoms with E-state index in [4.69, 9.17) is 4.74 Å². The number of carbonyl (C=O) groups excluding carboxylic acids is 2. The van der Waals surface area contributed by atoms with E-state index in [1.165, 1.54) is 24.1 Å². The summed E-state index contributed by atoms with van der Waals surface area (Å²) in [5.74, 6) is -0.445. The third-order valence-electron chi connectivity index (χ3n) is 6.97. The molecule has 0 bridgehead atoms. The molecule has 0 fully saturated rings. The van der Waals surface area contributed by atoms with Crippen molar-refractivity contribution in [1.82, 2.24) is 10.2 Å². The number of anilines is 1. The minimum absolute atomic E-state index is 0.0562. The number of carbonyl (C=O) groups is 2. The number of methoxy groups -OCH3 is 1. The van der Waals surface area contributed by atoms with Gasteiger partial charge in [-0.3, -0.25) is 13.9 Å². The molecule has 0 aliphatic rings. The number of rotatable bonds is 14. The van der Waals surface area contributed by atoms with Gasteiger partial charge in [-0.1, -0.05) is 67.4 Å². The van der Waals surface area contributed by atoms with Crippen molar-refractivity contribution in [2.45, 2.75) is 57.9 Å². The van der Waals surface area contributed by atoms with Crippen LogP contribution >= 0.6 is 0 Å². The smallest absolute Gasteiger partial charge is 0.264 e. The fourth-order valence-corrected chi connectivity index (χ4v) is 5.87. The second-order valence-corrected chi connectivity index (χ2v) is 12.0. The maximum absolute atomic E-state index is 14.1. The second-order valence-electron chi connectivity index (χ2n) is 10.1. The molecule has 0 aliphatic heterocycles. The molecule has 3 rings (SSSR count). The molecular formula is C32H41N3O5S. The Labute approximate surface area is 244 Å². The number of sulfonamides is 1. The lowest BCUT2D eigenvalue weighted by molar-refractivity contribution is -0.138. The van der Waals surface area contributed by atoms with E-state index in [2.05, 4.69) is 5.32 Å². The fourth-order valence-electron chi connectivity index (χ4n) is 4.45. The summed E-state index contributed by atoms with van der Waals surface area (Å²) in [5, 5.41) is 2.90. The van der Waals surface area contributed by atoms with E-state index < -0.39 is 28.5 Å². The zero-order valence-corrected chi connectivity index (χ0v) is 25.4. The van der Waals surface area contributed by atoms with Crippen molar-refractivity contribution >= 4 is 27.5 Å². The van der Waals surface area contributed by atoms with Crippen LogP contribution in [0.1, 0.15) is 43.4 Å². The number of aryl methyl sites for hydroxylation is 2. The minimum atomic E-state index is -4.17. The molecule has 0 aromatic heterocycles. The molecule has 3 aromatic carbocycles. The minimum Gasteiger partial charge on any atom is -0.495 e. The van der Waals surface area contributed by atoms with Gasteiger partial charge in [-0.15, -0.1) is 0 Å². The summed E-state index contributed by atoms with van der Waals surface area (Å²) >= 11 is 0. The van der Waals surface area contributed by atoms with Gasteiger partial charge in [0.15, 0.2) is 0 Å². The molecule has 0 saturated carbocycles. The Morgan fingerprint density at radius 2 is 1.61 bits per heavy atom. The van der Waals surface area contributed by atoms with Gasteiger partial charge in [-0.2, -0.15) is 0 Å². The Morgan fingerprint density at radius 1 is 0.951 bits per heavy atom. The number of ether oxygens (including phenoxy) is 1. The van der Waals surface area contributed by atoms with Gasteiger partial charge in [0.25, 0.3) is 10.0 Å². The van der Waals surface area contributed by atoms with Gasteiger partial charge in [-0.05, 0) is 69.0 Å². The van der Waals surface area contributed by atoms with Crippen LogP contribution in [0, 0.1) is 13.8 Å². The van der Waals surface area contributed by atoms with Crippen molar-refractivity contribution in [2.24, 2.45) is 0 Å². The van der Waals surface area contributed by atoms with Gasteiger partial charge in [0.05, 0.1) is 17.7 Å². The van der Waals surface area contributed by atoms with Crippen LogP contribution in [-0.4, -0.2) is 57.9 Å². The van der Waals surface area contributed by atoms with Crippen molar-refractivity contribution in [3.05, 3.63) is 89.5 Å². The van der Waals surface area contributed by atoms with E-state index in [0.29, 0.717) is 18.7 Å². The molecule has 0 aliphatic carbocycles. The number of benzene rings is 3. The van der Waals surface area contributed by atoms with Crippen LogP contribution in [-0.2, 0) is 26.0 Å². The summed E-state index contributed by atoms with van der Waals surface area (Å²) in [6.45, 7) is 7.68. The largest absolute Gasteiger partial charge is 0.495 e. The first-order valence-corrected chi connectivity index (χ1v) is 15.4. The molecular weight excluding hydrogens is 538 g/mol. The zero-order chi connectivity index (χ0) is 30.0. The number of nitrogens with zero attached hydrogens (tertiary/aromatic N) is 2. The third kappa shape index (κ3) is 8.33. The lowest BCUT2D eigenvalue weighted by atomic mass is 10.1. The highest BCUT2D eigenvalue weighted by molar-refractivity contribution is 7.92. The molecule has 0 unspecified atom stereocenters. The van der Waals surface area contributed by atoms with E-state index >= 15 is 0 Å². The van der Waals surface area contributed by atoms with Gasteiger partial charge < -0.3 is 15.0 Å². The van der Waals surface area contributed by atoms with Crippen LogP contribution < -0.4 is 14.4 Å². The monoisotopic (exact) mass is 579 g/mol. The molecule has 1 N–H and O–H groups in total. The number of unbranched alkanes of at least 4 members (excludes halogenated alkanes) is 1. The van der Waals surface area contributed by atoms with Crippen LogP contribution in [0.25, 0.3) is 0 Å². The standard InChI is InChI=1S/C32H41N3O5S/c1-6-7-20-33-32(37)26(4)34(21-19-27-11-9-8-10-12-27)31(36)23-35(29-22-25(3)15-18-30(29)40-5)41(38,39)28-16-13-24(2)14-17-28/h8-18,22,26H,6-7,19-21,23H2,1-5H3,(H,33,37)/t26-/m0/s1. The quantitative estimate of drug-likeness (QED) is 0.275. The Balaban J connectivity index is 2.02. The first-order chi connectivity index (χ1) is 19.6. The topological polar surface area (TPSA) is 96.0 Å². The number of amides is 2. The summed E-state index contributed by atoms with van der Waals surface area (Å²) in [5.41, 5.74) is 2.98. The summed E-state index contributed by atoms with van der Waals surface area (Å²) < 4.78 is 34.7. The van der Waals surface area contributed by atoms with Crippen molar-refractivity contribution in [2.75, 3.05) is 31.0 Å². The van der Waals surface area contributed by atoms with Crippen LogP contribution in [0.5, 0.6) is 5.75 Å². The maximum Gasteiger partial charge on any atom is 0.264 e. The molecule has 0 saturated heterocycles. The summed E-state index contributed by atoms with van der Waals surface area (Å²) in [6.07, 6.45) is 2.26. The van der Waals surface area contributed by atoms with Crippen LogP contribution in [0.3, 0.4) is 0 Å². The lowest BCUT2D eigenvalue weighted by Gasteiger charge is -2.32. The number of nitrogens with one attached hydrogen (secondary N) is 1. The van der Waals surface area contributed by atoms with E-state index in [9.17, 15) is 18.0 Å². The van der Waals surface area contributed by atoms with E-state index in [0.717, 1.165) is 33.8 Å². The molecule has 41 heavy (non-hydrogen) atoms. The number of hydrogen-bond donors (Lipinski definition) is 1. The van der Waals surface area contributed by atoms with Gasteiger partial charge in [0, 0.05) is 13.1 Å². The molecule has 220 valence electrons. The van der Waals surface area contributed by atoms with Crippen molar-refractivity contribution in [3.8, 4) is 5.75 Å². The molecule has 2 amide bonds. The first kappa shape index (κ1) is 31.7. The van der Waals surface area contributed by atoms with Crippen molar-refractivity contribution in [3.63, 3.8) is 0 Å². The highest BCUT2D eigenvalue weighted by Gasteiger charge is 2.33. The number of hydrogen-bond acceptors (Lipinski definition) is 5. The molecule has 0 radical (unpaired) electrons. The highest BCUT2D eigenvalue weighted by atomic mass is 32.2. The summed E-state index contributed by atoms with van der Waals surface area (Å²) in [6, 6.07) is 20.6. The SMILES string of the molecule is CCCCNC(=O)[C@H](C)N(CCc1ccccc1)C(=O)CN(c1cc(C)ccc1OC)S(=O)(=O)c1ccc(C)cc1. The lowest BCUT2D eigenvalue weighted by Crippen LogP contribution is -2.52. The molecule has 0 spiro atoms. The molecule has 3 aromatic rings. The van der Waals surface area contributed by atoms with Crippen LogP contribution in [0.2, 0.25) is 0 Å². The predicted octanol–water partition coefficient (Wildman–Crippen LogP) is 4.88. The molecule has 8 nitrogen and oxygen atoms in total. The van der Waals surface area contributed by atoms with Gasteiger partial charge in [-0.25, -0.2) is 8.42 Å². The van der Waals surface area contributed by atoms with E-state index in [1.54, 1.807) is 31.2 Å². The third-order valence-corrected chi connectivity index (χ3v) is 8.75. The van der Waals surface area contributed by atoms with Crippen molar-refractivity contribution in [1.29, 1.82) is 0 Å². The van der Waals surface area contributed by atoms with Crippen LogP contribution in [0.4, 0.5) is 5.69 Å². The molecule has 9 heteroatoms.